The third-order valence-corrected chi connectivity index (χ3v) is 4.00. The molecule has 0 bridgehead atoms. The van der Waals surface area contributed by atoms with Crippen molar-refractivity contribution in [2.24, 2.45) is 10.7 Å². The minimum atomic E-state index is -4.32. The van der Waals surface area contributed by atoms with Gasteiger partial charge in [-0.3, -0.25) is 0 Å². The van der Waals surface area contributed by atoms with Crippen LogP contribution in [-0.4, -0.2) is 24.1 Å². The molecule has 0 amide bonds. The Kier molecular flexibility index (Phi) is 3.65. The summed E-state index contributed by atoms with van der Waals surface area (Å²) in [5.74, 6) is 0.526. The standard InChI is InChI=1S/C15H17F3N2O/c16-15(17,18)10-3-1-2-9(6-10)7-14-20-12-8-11(19)4-5-13(12)21-14/h1-3,6,11-13H,4-5,7-8,19H2. The van der Waals surface area contributed by atoms with Crippen LogP contribution in [-0.2, 0) is 17.3 Å². The molecule has 0 aromatic heterocycles. The second kappa shape index (κ2) is 5.33. The third kappa shape index (κ3) is 3.20. The van der Waals surface area contributed by atoms with Gasteiger partial charge in [0, 0.05) is 12.5 Å². The minimum Gasteiger partial charge on any atom is -0.475 e. The molecule has 0 saturated heterocycles. The molecule has 114 valence electrons. The van der Waals surface area contributed by atoms with Crippen LogP contribution < -0.4 is 5.73 Å². The quantitative estimate of drug-likeness (QED) is 0.912. The molecule has 0 spiro atoms. The number of fused-ring (bicyclic) bond motifs is 1. The fraction of sp³-hybridized carbons (Fsp3) is 0.533. The summed E-state index contributed by atoms with van der Waals surface area (Å²) in [4.78, 5) is 4.48. The molecule has 1 heterocycles. The van der Waals surface area contributed by atoms with Crippen LogP contribution in [0.5, 0.6) is 0 Å². The van der Waals surface area contributed by atoms with Crippen LogP contribution in [0, 0.1) is 0 Å². The molecule has 1 aliphatic carbocycles. The van der Waals surface area contributed by atoms with Crippen molar-refractivity contribution >= 4 is 5.90 Å². The van der Waals surface area contributed by atoms with Crippen LogP contribution in [0.2, 0.25) is 0 Å². The van der Waals surface area contributed by atoms with Crippen molar-refractivity contribution in [1.29, 1.82) is 0 Å². The first-order valence-corrected chi connectivity index (χ1v) is 7.07. The van der Waals surface area contributed by atoms with Crippen molar-refractivity contribution in [3.05, 3.63) is 35.4 Å². The molecule has 2 aliphatic rings. The predicted molar refractivity (Wildman–Crippen MR) is 73.1 cm³/mol. The largest absolute Gasteiger partial charge is 0.475 e. The van der Waals surface area contributed by atoms with Crippen LogP contribution in [0.4, 0.5) is 13.2 Å². The highest BCUT2D eigenvalue weighted by Crippen LogP contribution is 2.31. The molecule has 3 unspecified atom stereocenters. The summed E-state index contributed by atoms with van der Waals surface area (Å²) in [6.45, 7) is 0. The predicted octanol–water partition coefficient (Wildman–Crippen LogP) is 2.93. The molecule has 1 saturated carbocycles. The SMILES string of the molecule is NC1CCC2OC(Cc3cccc(C(F)(F)F)c3)=NC2C1. The summed E-state index contributed by atoms with van der Waals surface area (Å²) in [6.07, 6.45) is -1.42. The second-order valence-corrected chi connectivity index (χ2v) is 5.69. The van der Waals surface area contributed by atoms with Crippen LogP contribution in [0.3, 0.4) is 0 Å². The van der Waals surface area contributed by atoms with Gasteiger partial charge in [-0.05, 0) is 30.9 Å². The summed E-state index contributed by atoms with van der Waals surface area (Å²) in [5, 5.41) is 0. The van der Waals surface area contributed by atoms with Crippen molar-refractivity contribution in [2.75, 3.05) is 0 Å². The van der Waals surface area contributed by atoms with Crippen LogP contribution in [0.25, 0.3) is 0 Å². The first-order valence-electron chi connectivity index (χ1n) is 7.07. The zero-order valence-electron chi connectivity index (χ0n) is 11.4. The van der Waals surface area contributed by atoms with Crippen molar-refractivity contribution in [2.45, 2.75) is 50.0 Å². The van der Waals surface area contributed by atoms with Gasteiger partial charge < -0.3 is 10.5 Å². The summed E-state index contributed by atoms with van der Waals surface area (Å²) >= 11 is 0. The number of hydrogen-bond donors (Lipinski definition) is 1. The average Bonchev–Trinajstić information content (AvgIpc) is 2.79. The number of nitrogens with zero attached hydrogens (tertiary/aromatic N) is 1. The number of nitrogens with two attached hydrogens (primary N) is 1. The molecule has 3 rings (SSSR count). The van der Waals surface area contributed by atoms with Gasteiger partial charge in [0.2, 0.25) is 0 Å². The van der Waals surface area contributed by atoms with E-state index in [9.17, 15) is 13.2 Å². The Balaban J connectivity index is 1.71. The average molecular weight is 298 g/mol. The van der Waals surface area contributed by atoms with Gasteiger partial charge in [-0.2, -0.15) is 13.2 Å². The zero-order valence-corrected chi connectivity index (χ0v) is 11.4. The lowest BCUT2D eigenvalue weighted by atomic mass is 9.90. The van der Waals surface area contributed by atoms with E-state index in [1.807, 2.05) is 0 Å². The molecule has 1 fully saturated rings. The van der Waals surface area contributed by atoms with E-state index in [2.05, 4.69) is 4.99 Å². The molecule has 1 aromatic rings. The fourth-order valence-electron chi connectivity index (χ4n) is 2.93. The summed E-state index contributed by atoms with van der Waals surface area (Å²) < 4.78 is 43.8. The first-order chi connectivity index (χ1) is 9.91. The highest BCUT2D eigenvalue weighted by Gasteiger charge is 2.36. The van der Waals surface area contributed by atoms with E-state index in [1.165, 1.54) is 6.07 Å². The Morgan fingerprint density at radius 3 is 2.86 bits per heavy atom. The van der Waals surface area contributed by atoms with Gasteiger partial charge in [0.15, 0.2) is 5.90 Å². The van der Waals surface area contributed by atoms with E-state index in [-0.39, 0.29) is 18.2 Å². The molecular weight excluding hydrogens is 281 g/mol. The summed E-state index contributed by atoms with van der Waals surface area (Å²) in [6, 6.07) is 5.51. The summed E-state index contributed by atoms with van der Waals surface area (Å²) in [5.41, 5.74) is 5.83. The molecule has 21 heavy (non-hydrogen) atoms. The number of alkyl halides is 3. The van der Waals surface area contributed by atoms with Gasteiger partial charge in [0.25, 0.3) is 0 Å². The van der Waals surface area contributed by atoms with Crippen molar-refractivity contribution in [3.8, 4) is 0 Å². The lowest BCUT2D eigenvalue weighted by molar-refractivity contribution is -0.137. The Morgan fingerprint density at radius 1 is 1.29 bits per heavy atom. The number of halogens is 3. The third-order valence-electron chi connectivity index (χ3n) is 4.00. The second-order valence-electron chi connectivity index (χ2n) is 5.69. The maximum absolute atomic E-state index is 12.7. The van der Waals surface area contributed by atoms with E-state index in [1.54, 1.807) is 6.07 Å². The van der Waals surface area contributed by atoms with Crippen molar-refractivity contribution in [3.63, 3.8) is 0 Å². The Hall–Kier alpha value is -1.56. The van der Waals surface area contributed by atoms with Gasteiger partial charge in [0.1, 0.15) is 6.10 Å². The van der Waals surface area contributed by atoms with Gasteiger partial charge in [-0.1, -0.05) is 18.2 Å². The maximum Gasteiger partial charge on any atom is 0.416 e. The monoisotopic (exact) mass is 298 g/mol. The van der Waals surface area contributed by atoms with Crippen molar-refractivity contribution < 1.29 is 17.9 Å². The smallest absolute Gasteiger partial charge is 0.416 e. The first kappa shape index (κ1) is 14.4. The van der Waals surface area contributed by atoms with E-state index >= 15 is 0 Å². The normalized spacial score (nSPS) is 28.8. The molecule has 3 atom stereocenters. The lowest BCUT2D eigenvalue weighted by Gasteiger charge is -2.26. The zero-order chi connectivity index (χ0) is 15.0. The minimum absolute atomic E-state index is 0.0469. The lowest BCUT2D eigenvalue weighted by Crippen LogP contribution is -2.37. The maximum atomic E-state index is 12.7. The van der Waals surface area contributed by atoms with E-state index in [0.717, 1.165) is 31.4 Å². The van der Waals surface area contributed by atoms with Gasteiger partial charge >= 0.3 is 6.18 Å². The number of benzene rings is 1. The molecule has 0 radical (unpaired) electrons. The van der Waals surface area contributed by atoms with Gasteiger partial charge in [-0.25, -0.2) is 4.99 Å². The number of hydrogen-bond acceptors (Lipinski definition) is 3. The Morgan fingerprint density at radius 2 is 2.10 bits per heavy atom. The molecule has 6 heteroatoms. The fourth-order valence-corrected chi connectivity index (χ4v) is 2.93. The highest BCUT2D eigenvalue weighted by molar-refractivity contribution is 5.80. The van der Waals surface area contributed by atoms with Crippen LogP contribution >= 0.6 is 0 Å². The summed E-state index contributed by atoms with van der Waals surface area (Å²) in [7, 11) is 0. The highest BCUT2D eigenvalue weighted by atomic mass is 19.4. The molecular formula is C15H17F3N2O. The van der Waals surface area contributed by atoms with Crippen LogP contribution in [0.15, 0.2) is 29.3 Å². The van der Waals surface area contributed by atoms with Crippen molar-refractivity contribution in [1.82, 2.24) is 0 Å². The number of aliphatic imine (C=N–C) groups is 1. The Bertz CT molecular complexity index is 556. The van der Waals surface area contributed by atoms with Gasteiger partial charge in [-0.15, -0.1) is 0 Å². The molecule has 3 nitrogen and oxygen atoms in total. The topological polar surface area (TPSA) is 47.6 Å². The van der Waals surface area contributed by atoms with E-state index < -0.39 is 11.7 Å². The number of ether oxygens (including phenoxy) is 1. The van der Waals surface area contributed by atoms with E-state index in [0.29, 0.717) is 17.9 Å². The van der Waals surface area contributed by atoms with E-state index in [4.69, 9.17) is 10.5 Å². The molecule has 1 aromatic carbocycles. The Labute approximate surface area is 121 Å². The molecule has 2 N–H and O–H groups in total. The molecule has 1 aliphatic heterocycles. The number of rotatable bonds is 2. The van der Waals surface area contributed by atoms with Gasteiger partial charge in [0.05, 0.1) is 11.6 Å². The van der Waals surface area contributed by atoms with Crippen LogP contribution in [0.1, 0.15) is 30.4 Å².